The van der Waals surface area contributed by atoms with E-state index in [1.54, 1.807) is 7.11 Å². The number of carbonyl (C=O) groups excluding carboxylic acids is 1. The Morgan fingerprint density at radius 1 is 1.48 bits per heavy atom. The Kier molecular flexibility index (Phi) is 3.41. The van der Waals surface area contributed by atoms with Gasteiger partial charge >= 0.3 is 6.03 Å². The minimum atomic E-state index is 0.0180. The van der Waals surface area contributed by atoms with Gasteiger partial charge in [-0.25, -0.2) is 9.78 Å². The summed E-state index contributed by atoms with van der Waals surface area (Å²) in [5.41, 5.74) is 0.211. The zero-order chi connectivity index (χ0) is 16.2. The maximum absolute atomic E-state index is 12.7. The summed E-state index contributed by atoms with van der Waals surface area (Å²) in [7, 11) is 3.72. The molecule has 23 heavy (non-hydrogen) atoms. The van der Waals surface area contributed by atoms with Gasteiger partial charge in [0.2, 0.25) is 0 Å². The number of imidazole rings is 1. The number of methoxy groups -OCH3 is 1. The number of aromatic nitrogens is 2. The number of hydrogen-bond donors (Lipinski definition) is 1. The number of nitrogens with zero attached hydrogens (tertiary/aromatic N) is 3. The maximum Gasteiger partial charge on any atom is 0.318 e. The van der Waals surface area contributed by atoms with Crippen LogP contribution >= 0.6 is 0 Å². The highest BCUT2D eigenvalue weighted by molar-refractivity contribution is 5.75. The first-order chi connectivity index (χ1) is 11.1. The van der Waals surface area contributed by atoms with E-state index in [2.05, 4.69) is 21.8 Å². The second kappa shape index (κ2) is 5.23. The summed E-state index contributed by atoms with van der Waals surface area (Å²) in [5.74, 6) is 0.973. The van der Waals surface area contributed by atoms with Crippen LogP contribution in [0.1, 0.15) is 56.9 Å². The molecular formula is C17H26N4O2. The summed E-state index contributed by atoms with van der Waals surface area (Å²) in [6, 6.07) is 0.734. The van der Waals surface area contributed by atoms with Crippen molar-refractivity contribution in [2.45, 2.75) is 63.3 Å². The number of hydrogen-bond acceptors (Lipinski definition) is 3. The second-order valence-corrected chi connectivity index (χ2v) is 7.45. The lowest BCUT2D eigenvalue weighted by Crippen LogP contribution is -2.68. The molecule has 4 rings (SSSR count). The van der Waals surface area contributed by atoms with Gasteiger partial charge in [-0.2, -0.15) is 0 Å². The summed E-state index contributed by atoms with van der Waals surface area (Å²) >= 11 is 0. The van der Waals surface area contributed by atoms with Crippen LogP contribution in [-0.4, -0.2) is 46.8 Å². The SMILES string of the molecule is COC1CC(N(C)C(=O)NC2CC(C)n3ccnc32)C12CCC2. The third kappa shape index (κ3) is 2.04. The molecule has 1 spiro atoms. The van der Waals surface area contributed by atoms with Crippen molar-refractivity contribution in [3.05, 3.63) is 18.2 Å². The molecule has 126 valence electrons. The minimum absolute atomic E-state index is 0.0180. The van der Waals surface area contributed by atoms with Gasteiger partial charge in [0, 0.05) is 44.0 Å². The Balaban J connectivity index is 1.42. The van der Waals surface area contributed by atoms with E-state index in [4.69, 9.17) is 4.74 Å². The van der Waals surface area contributed by atoms with Crippen molar-refractivity contribution in [2.75, 3.05) is 14.2 Å². The molecule has 6 heteroatoms. The normalized spacial score (nSPS) is 33.7. The van der Waals surface area contributed by atoms with Crippen molar-refractivity contribution in [1.29, 1.82) is 0 Å². The third-order valence-corrected chi connectivity index (χ3v) is 6.46. The summed E-state index contributed by atoms with van der Waals surface area (Å²) in [6.45, 7) is 2.17. The molecule has 3 aliphatic rings. The van der Waals surface area contributed by atoms with Crippen LogP contribution in [0, 0.1) is 5.41 Å². The van der Waals surface area contributed by atoms with E-state index in [9.17, 15) is 4.79 Å². The van der Waals surface area contributed by atoms with E-state index in [1.807, 2.05) is 24.3 Å². The Hall–Kier alpha value is -1.56. The van der Waals surface area contributed by atoms with E-state index in [0.717, 1.165) is 18.7 Å². The van der Waals surface area contributed by atoms with Crippen LogP contribution in [0.4, 0.5) is 4.79 Å². The molecule has 4 unspecified atom stereocenters. The number of urea groups is 1. The summed E-state index contributed by atoms with van der Waals surface area (Å²) in [6.07, 6.45) is 9.61. The van der Waals surface area contributed by atoms with Gasteiger partial charge in [-0.05, 0) is 32.6 Å². The van der Waals surface area contributed by atoms with Crippen LogP contribution in [0.2, 0.25) is 0 Å². The standard InChI is InChI=1S/C17H26N4O2/c1-11-9-12(15-18-7-8-21(11)15)19-16(22)20(2)13-10-14(23-3)17(13)5-4-6-17/h7-8,11-14H,4-6,9-10H2,1-3H3,(H,19,22). The van der Waals surface area contributed by atoms with E-state index in [-0.39, 0.29) is 17.5 Å². The lowest BCUT2D eigenvalue weighted by atomic mass is 9.50. The highest BCUT2D eigenvalue weighted by Gasteiger charge is 2.60. The number of fused-ring (bicyclic) bond motifs is 1. The monoisotopic (exact) mass is 318 g/mol. The second-order valence-electron chi connectivity index (χ2n) is 7.45. The van der Waals surface area contributed by atoms with Crippen LogP contribution in [0.5, 0.6) is 0 Å². The fourth-order valence-electron chi connectivity index (χ4n) is 4.88. The smallest absolute Gasteiger partial charge is 0.318 e. The fraction of sp³-hybridized carbons (Fsp3) is 0.765. The number of ether oxygens (including phenoxy) is 1. The van der Waals surface area contributed by atoms with Crippen LogP contribution in [-0.2, 0) is 4.74 Å². The molecule has 1 aromatic rings. The average molecular weight is 318 g/mol. The van der Waals surface area contributed by atoms with Gasteiger partial charge in [0.15, 0.2) is 0 Å². The molecule has 0 saturated heterocycles. The molecule has 0 aromatic carbocycles. The third-order valence-electron chi connectivity index (χ3n) is 6.46. The Morgan fingerprint density at radius 2 is 2.26 bits per heavy atom. The molecule has 2 aliphatic carbocycles. The lowest BCUT2D eigenvalue weighted by molar-refractivity contribution is -0.182. The van der Waals surface area contributed by atoms with Gasteiger partial charge in [0.05, 0.1) is 12.1 Å². The zero-order valence-electron chi connectivity index (χ0n) is 14.2. The Bertz CT molecular complexity index is 609. The van der Waals surface area contributed by atoms with Gasteiger partial charge < -0.3 is 19.5 Å². The van der Waals surface area contributed by atoms with Gasteiger partial charge in [0.25, 0.3) is 0 Å². The number of amides is 2. The van der Waals surface area contributed by atoms with Gasteiger partial charge in [-0.3, -0.25) is 0 Å². The highest BCUT2D eigenvalue weighted by Crippen LogP contribution is 2.58. The summed E-state index contributed by atoms with van der Waals surface area (Å²) < 4.78 is 7.77. The summed E-state index contributed by atoms with van der Waals surface area (Å²) in [5, 5.41) is 3.18. The quantitative estimate of drug-likeness (QED) is 0.931. The largest absolute Gasteiger partial charge is 0.381 e. The molecule has 2 saturated carbocycles. The first kappa shape index (κ1) is 15.0. The van der Waals surface area contributed by atoms with Crippen LogP contribution in [0.15, 0.2) is 12.4 Å². The summed E-state index contributed by atoms with van der Waals surface area (Å²) in [4.78, 5) is 19.1. The predicted octanol–water partition coefficient (Wildman–Crippen LogP) is 2.49. The van der Waals surface area contributed by atoms with Crippen molar-refractivity contribution in [2.24, 2.45) is 5.41 Å². The van der Waals surface area contributed by atoms with Crippen LogP contribution in [0.3, 0.4) is 0 Å². The van der Waals surface area contributed by atoms with Gasteiger partial charge in [0.1, 0.15) is 5.82 Å². The molecule has 1 N–H and O–H groups in total. The van der Waals surface area contributed by atoms with Gasteiger partial charge in [-0.1, -0.05) is 6.42 Å². The Morgan fingerprint density at radius 3 is 2.91 bits per heavy atom. The molecule has 0 bridgehead atoms. The lowest BCUT2D eigenvalue weighted by Gasteiger charge is -2.62. The van der Waals surface area contributed by atoms with Crippen molar-refractivity contribution < 1.29 is 9.53 Å². The van der Waals surface area contributed by atoms with Crippen molar-refractivity contribution in [3.8, 4) is 0 Å². The molecule has 1 aromatic heterocycles. The van der Waals surface area contributed by atoms with E-state index in [1.165, 1.54) is 19.3 Å². The number of rotatable bonds is 3. The molecule has 2 heterocycles. The first-order valence-corrected chi connectivity index (χ1v) is 8.65. The molecule has 0 radical (unpaired) electrons. The predicted molar refractivity (Wildman–Crippen MR) is 86.1 cm³/mol. The minimum Gasteiger partial charge on any atom is -0.381 e. The van der Waals surface area contributed by atoms with Crippen molar-refractivity contribution in [3.63, 3.8) is 0 Å². The van der Waals surface area contributed by atoms with E-state index < -0.39 is 0 Å². The number of nitrogens with one attached hydrogen (secondary N) is 1. The molecule has 4 atom stereocenters. The molecular weight excluding hydrogens is 292 g/mol. The van der Waals surface area contributed by atoms with Crippen LogP contribution < -0.4 is 5.32 Å². The molecule has 6 nitrogen and oxygen atoms in total. The van der Waals surface area contributed by atoms with Crippen molar-refractivity contribution in [1.82, 2.24) is 19.8 Å². The van der Waals surface area contributed by atoms with E-state index in [0.29, 0.717) is 18.2 Å². The Labute approximate surface area is 137 Å². The average Bonchev–Trinajstić information content (AvgIpc) is 3.02. The van der Waals surface area contributed by atoms with Crippen LogP contribution in [0.25, 0.3) is 0 Å². The molecule has 1 aliphatic heterocycles. The first-order valence-electron chi connectivity index (χ1n) is 8.65. The molecule has 2 fully saturated rings. The maximum atomic E-state index is 12.7. The van der Waals surface area contributed by atoms with Gasteiger partial charge in [-0.15, -0.1) is 0 Å². The number of carbonyl (C=O) groups is 1. The van der Waals surface area contributed by atoms with E-state index >= 15 is 0 Å². The zero-order valence-corrected chi connectivity index (χ0v) is 14.2. The highest BCUT2D eigenvalue weighted by atomic mass is 16.5. The topological polar surface area (TPSA) is 59.4 Å². The van der Waals surface area contributed by atoms with Crippen molar-refractivity contribution >= 4 is 6.03 Å². The molecule has 2 amide bonds. The fourth-order valence-corrected chi connectivity index (χ4v) is 4.88.